The van der Waals surface area contributed by atoms with E-state index in [9.17, 15) is 9.59 Å². The van der Waals surface area contributed by atoms with Crippen molar-refractivity contribution in [3.8, 4) is 5.75 Å². The van der Waals surface area contributed by atoms with Crippen LogP contribution in [0.5, 0.6) is 5.75 Å². The Labute approximate surface area is 140 Å². The third-order valence-corrected chi connectivity index (χ3v) is 4.17. The number of hydrogen-bond donors (Lipinski definition) is 0. The van der Waals surface area contributed by atoms with Crippen LogP contribution in [0.25, 0.3) is 0 Å². The zero-order valence-electron chi connectivity index (χ0n) is 13.1. The maximum atomic E-state index is 12.0. The minimum absolute atomic E-state index is 0.0665. The maximum absolute atomic E-state index is 12.0. The first-order chi connectivity index (χ1) is 11.2. The molecule has 1 aromatic heterocycles. The van der Waals surface area contributed by atoms with Crippen molar-refractivity contribution in [3.63, 3.8) is 0 Å². The lowest BCUT2D eigenvalue weighted by Crippen LogP contribution is -2.08. The van der Waals surface area contributed by atoms with Gasteiger partial charge in [-0.05, 0) is 42.6 Å². The third-order valence-electron chi connectivity index (χ3n) is 3.24. The number of carbonyl (C=O) groups excluding carboxylic acids is 2. The van der Waals surface area contributed by atoms with Crippen molar-refractivity contribution in [1.82, 2.24) is 0 Å². The van der Waals surface area contributed by atoms with Gasteiger partial charge in [-0.15, -0.1) is 11.3 Å². The van der Waals surface area contributed by atoms with Gasteiger partial charge in [0.15, 0.2) is 5.78 Å². The molecule has 23 heavy (non-hydrogen) atoms. The van der Waals surface area contributed by atoms with E-state index in [1.807, 2.05) is 11.4 Å². The van der Waals surface area contributed by atoms with Crippen LogP contribution < -0.4 is 4.74 Å². The van der Waals surface area contributed by atoms with Gasteiger partial charge in [-0.1, -0.05) is 6.07 Å². The summed E-state index contributed by atoms with van der Waals surface area (Å²) in [5.41, 5.74) is 0.583. The number of ketones is 1. The predicted octanol–water partition coefficient (Wildman–Crippen LogP) is 3.90. The topological polar surface area (TPSA) is 52.6 Å². The fourth-order valence-corrected chi connectivity index (χ4v) is 2.74. The fraction of sp³-hybridized carbons (Fsp3) is 0.333. The number of hydrogen-bond acceptors (Lipinski definition) is 5. The average molecular weight is 332 g/mol. The summed E-state index contributed by atoms with van der Waals surface area (Å²) in [6, 6.07) is 11.1. The summed E-state index contributed by atoms with van der Waals surface area (Å²) < 4.78 is 10.5. The summed E-state index contributed by atoms with van der Waals surface area (Å²) in [5, 5.41) is 2.05. The molecule has 1 aromatic carbocycles. The lowest BCUT2D eigenvalue weighted by molar-refractivity contribution is -0.143. The van der Waals surface area contributed by atoms with Crippen LogP contribution in [-0.2, 0) is 16.0 Å². The zero-order valence-corrected chi connectivity index (χ0v) is 13.9. The highest BCUT2D eigenvalue weighted by atomic mass is 32.1. The van der Waals surface area contributed by atoms with Gasteiger partial charge in [0, 0.05) is 23.3 Å². The predicted molar refractivity (Wildman–Crippen MR) is 90.2 cm³/mol. The molecular formula is C18H20O4S. The second kappa shape index (κ2) is 9.10. The number of ether oxygens (including phenoxy) is 2. The van der Waals surface area contributed by atoms with Crippen LogP contribution in [0.15, 0.2) is 41.8 Å². The molecule has 0 radical (unpaired) electrons. The van der Waals surface area contributed by atoms with Gasteiger partial charge >= 0.3 is 5.97 Å². The van der Waals surface area contributed by atoms with Gasteiger partial charge in [-0.25, -0.2) is 0 Å². The van der Waals surface area contributed by atoms with Crippen LogP contribution in [0, 0.1) is 0 Å². The van der Waals surface area contributed by atoms with E-state index in [2.05, 4.69) is 6.07 Å². The smallest absolute Gasteiger partial charge is 0.306 e. The zero-order chi connectivity index (χ0) is 16.5. The minimum Gasteiger partial charge on any atom is -0.493 e. The quantitative estimate of drug-likeness (QED) is 0.516. The molecule has 0 aliphatic rings. The first-order valence-electron chi connectivity index (χ1n) is 7.63. The molecule has 2 rings (SSSR count). The highest BCUT2D eigenvalue weighted by molar-refractivity contribution is 7.09. The van der Waals surface area contributed by atoms with Crippen molar-refractivity contribution in [2.45, 2.75) is 26.2 Å². The van der Waals surface area contributed by atoms with E-state index >= 15 is 0 Å². The second-order valence-electron chi connectivity index (χ2n) is 4.93. The van der Waals surface area contributed by atoms with Crippen molar-refractivity contribution >= 4 is 23.1 Å². The number of rotatable bonds is 9. The molecule has 1 heterocycles. The van der Waals surface area contributed by atoms with Crippen LogP contribution in [0.1, 0.15) is 35.0 Å². The first kappa shape index (κ1) is 17.2. The van der Waals surface area contributed by atoms with E-state index in [1.54, 1.807) is 42.5 Å². The van der Waals surface area contributed by atoms with Crippen LogP contribution in [0.4, 0.5) is 0 Å². The molecule has 0 fully saturated rings. The number of carbonyl (C=O) groups is 2. The summed E-state index contributed by atoms with van der Waals surface area (Å²) in [6.07, 6.45) is 1.15. The highest BCUT2D eigenvalue weighted by Gasteiger charge is 2.10. The number of Topliss-reactive ketones (excluding diaryl/α,β-unsaturated/α-hetero) is 1. The highest BCUT2D eigenvalue weighted by Crippen LogP contribution is 2.15. The maximum Gasteiger partial charge on any atom is 0.306 e. The van der Waals surface area contributed by atoms with Crippen LogP contribution in [0.3, 0.4) is 0 Å². The van der Waals surface area contributed by atoms with E-state index in [0.29, 0.717) is 18.8 Å². The minimum atomic E-state index is -0.339. The molecule has 122 valence electrons. The van der Waals surface area contributed by atoms with Crippen molar-refractivity contribution in [3.05, 3.63) is 52.2 Å². The van der Waals surface area contributed by atoms with Gasteiger partial charge in [0.05, 0.1) is 19.6 Å². The molecule has 0 N–H and O–H groups in total. The molecule has 0 spiro atoms. The molecule has 5 heteroatoms. The van der Waals surface area contributed by atoms with Gasteiger partial charge in [-0.2, -0.15) is 0 Å². The van der Waals surface area contributed by atoms with E-state index in [0.717, 1.165) is 12.2 Å². The largest absolute Gasteiger partial charge is 0.493 e. The molecule has 2 aromatic rings. The summed E-state index contributed by atoms with van der Waals surface area (Å²) in [7, 11) is 0. The van der Waals surface area contributed by atoms with E-state index in [-0.39, 0.29) is 24.6 Å². The first-order valence-corrected chi connectivity index (χ1v) is 8.51. The molecule has 0 amide bonds. The molecule has 0 aliphatic carbocycles. The Bertz CT molecular complexity index is 617. The van der Waals surface area contributed by atoms with Crippen molar-refractivity contribution in [2.75, 3.05) is 13.2 Å². The third kappa shape index (κ3) is 5.87. The summed E-state index contributed by atoms with van der Waals surface area (Å²) in [6.45, 7) is 2.69. The van der Waals surface area contributed by atoms with Crippen LogP contribution >= 0.6 is 11.3 Å². The van der Waals surface area contributed by atoms with Crippen molar-refractivity contribution < 1.29 is 19.1 Å². The monoisotopic (exact) mass is 332 g/mol. The average Bonchev–Trinajstić information content (AvgIpc) is 3.07. The van der Waals surface area contributed by atoms with Gasteiger partial charge in [0.1, 0.15) is 5.75 Å². The summed E-state index contributed by atoms with van der Waals surface area (Å²) >= 11 is 1.71. The standard InChI is InChI=1S/C18H20O4S/c1-2-21-18(20)10-9-17(19)14-5-7-15(8-6-14)22-12-11-16-4-3-13-23-16/h3-8,13H,2,9-12H2,1H3. The van der Waals surface area contributed by atoms with Gasteiger partial charge in [0.25, 0.3) is 0 Å². The van der Waals surface area contributed by atoms with Gasteiger partial charge < -0.3 is 9.47 Å². The van der Waals surface area contributed by atoms with Gasteiger partial charge in [-0.3, -0.25) is 9.59 Å². The Hall–Kier alpha value is -2.14. The number of esters is 1. The SMILES string of the molecule is CCOC(=O)CCC(=O)c1ccc(OCCc2cccs2)cc1. The van der Waals surface area contributed by atoms with Gasteiger partial charge in [0.2, 0.25) is 0 Å². The lowest BCUT2D eigenvalue weighted by atomic mass is 10.1. The summed E-state index contributed by atoms with van der Waals surface area (Å²) in [4.78, 5) is 24.5. The Morgan fingerprint density at radius 2 is 1.87 bits per heavy atom. The Balaban J connectivity index is 1.77. The van der Waals surface area contributed by atoms with E-state index in [1.165, 1.54) is 4.88 Å². The summed E-state index contributed by atoms with van der Waals surface area (Å²) in [5.74, 6) is 0.334. The Kier molecular flexibility index (Phi) is 6.81. The molecule has 0 saturated heterocycles. The second-order valence-corrected chi connectivity index (χ2v) is 5.96. The molecule has 4 nitrogen and oxygen atoms in total. The van der Waals surface area contributed by atoms with Crippen LogP contribution in [-0.4, -0.2) is 25.0 Å². The Morgan fingerprint density at radius 1 is 1.09 bits per heavy atom. The van der Waals surface area contributed by atoms with Crippen molar-refractivity contribution in [2.24, 2.45) is 0 Å². The van der Waals surface area contributed by atoms with E-state index < -0.39 is 0 Å². The Morgan fingerprint density at radius 3 is 2.52 bits per heavy atom. The molecule has 0 atom stereocenters. The number of benzene rings is 1. The van der Waals surface area contributed by atoms with Crippen LogP contribution in [0.2, 0.25) is 0 Å². The van der Waals surface area contributed by atoms with Crippen molar-refractivity contribution in [1.29, 1.82) is 0 Å². The van der Waals surface area contributed by atoms with E-state index in [4.69, 9.17) is 9.47 Å². The normalized spacial score (nSPS) is 10.3. The molecule has 0 bridgehead atoms. The molecule has 0 unspecified atom stereocenters. The molecular weight excluding hydrogens is 312 g/mol. The fourth-order valence-electron chi connectivity index (χ4n) is 2.05. The molecule has 0 aliphatic heterocycles. The lowest BCUT2D eigenvalue weighted by Gasteiger charge is -2.06. The number of thiophene rings is 1. The molecule has 0 saturated carbocycles.